The number of aromatic carboxylic acids is 1. The first-order valence-electron chi connectivity index (χ1n) is 2.64. The van der Waals surface area contributed by atoms with Gasteiger partial charge >= 0.3 is 5.97 Å². The van der Waals surface area contributed by atoms with Gasteiger partial charge < -0.3 is 10.8 Å². The summed E-state index contributed by atoms with van der Waals surface area (Å²) in [5.74, 6) is -0.718. The molecule has 1 aromatic heterocycles. The number of hydrogen-bond donors (Lipinski definition) is 2. The van der Waals surface area contributed by atoms with Crippen molar-refractivity contribution in [2.75, 3.05) is 5.73 Å². The van der Waals surface area contributed by atoms with Crippen LogP contribution >= 0.6 is 0 Å². The second-order valence-corrected chi connectivity index (χ2v) is 1.88. The van der Waals surface area contributed by atoms with Crippen molar-refractivity contribution in [3.8, 4) is 0 Å². The van der Waals surface area contributed by atoms with E-state index in [2.05, 4.69) is 5.10 Å². The smallest absolute Gasteiger partial charge is 0.356 e. The van der Waals surface area contributed by atoms with Gasteiger partial charge in [-0.15, -0.1) is 0 Å². The molecular formula is C5H7N3O2. The minimum Gasteiger partial charge on any atom is -0.476 e. The highest BCUT2D eigenvalue weighted by atomic mass is 16.4. The lowest BCUT2D eigenvalue weighted by Gasteiger charge is -1.87. The van der Waals surface area contributed by atoms with E-state index >= 15 is 0 Å². The van der Waals surface area contributed by atoms with Crippen LogP contribution in [0.2, 0.25) is 0 Å². The molecule has 0 aliphatic heterocycles. The Balaban J connectivity index is 3.10. The average molecular weight is 141 g/mol. The molecule has 54 valence electrons. The topological polar surface area (TPSA) is 81.1 Å². The van der Waals surface area contributed by atoms with Gasteiger partial charge in [-0.3, -0.25) is 4.68 Å². The lowest BCUT2D eigenvalue weighted by molar-refractivity contribution is 0.0689. The molecule has 0 aliphatic rings. The highest BCUT2D eigenvalue weighted by molar-refractivity contribution is 5.86. The van der Waals surface area contributed by atoms with Gasteiger partial charge in [-0.05, 0) is 0 Å². The van der Waals surface area contributed by atoms with Crippen LogP contribution in [0.5, 0.6) is 0 Å². The van der Waals surface area contributed by atoms with Gasteiger partial charge in [0, 0.05) is 13.1 Å². The van der Waals surface area contributed by atoms with E-state index in [1.54, 1.807) is 7.05 Å². The van der Waals surface area contributed by atoms with Crippen LogP contribution in [0.1, 0.15) is 10.5 Å². The van der Waals surface area contributed by atoms with Crippen LogP contribution in [0.25, 0.3) is 0 Å². The summed E-state index contributed by atoms with van der Waals surface area (Å²) < 4.78 is 1.31. The third-order valence-corrected chi connectivity index (χ3v) is 1.14. The Kier molecular flexibility index (Phi) is 1.33. The molecule has 1 rings (SSSR count). The summed E-state index contributed by atoms with van der Waals surface area (Å²) in [5.41, 5.74) is 5.29. The first-order valence-corrected chi connectivity index (χ1v) is 2.64. The van der Waals surface area contributed by atoms with E-state index in [1.807, 2.05) is 0 Å². The summed E-state index contributed by atoms with van der Waals surface area (Å²) >= 11 is 0. The van der Waals surface area contributed by atoms with E-state index in [-0.39, 0.29) is 5.69 Å². The Hall–Kier alpha value is -1.52. The van der Waals surface area contributed by atoms with Crippen molar-refractivity contribution in [1.82, 2.24) is 9.78 Å². The Morgan fingerprint density at radius 1 is 1.90 bits per heavy atom. The van der Waals surface area contributed by atoms with E-state index in [1.165, 1.54) is 10.7 Å². The molecule has 5 heteroatoms. The molecule has 0 bridgehead atoms. The SMILES string of the molecule is Cn1nc(C(=O)O)cc1N. The van der Waals surface area contributed by atoms with E-state index in [9.17, 15) is 4.79 Å². The second-order valence-electron chi connectivity index (χ2n) is 1.88. The number of aromatic nitrogens is 2. The molecule has 10 heavy (non-hydrogen) atoms. The fourth-order valence-corrected chi connectivity index (χ4v) is 0.586. The highest BCUT2D eigenvalue weighted by Crippen LogP contribution is 2.02. The summed E-state index contributed by atoms with van der Waals surface area (Å²) in [7, 11) is 1.59. The number of anilines is 1. The molecule has 0 amide bonds. The predicted octanol–water partition coefficient (Wildman–Crippen LogP) is -0.300. The number of carboxylic acid groups (broad SMARTS) is 1. The van der Waals surface area contributed by atoms with Crippen molar-refractivity contribution < 1.29 is 9.90 Å². The molecule has 0 radical (unpaired) electrons. The third-order valence-electron chi connectivity index (χ3n) is 1.14. The van der Waals surface area contributed by atoms with Gasteiger partial charge in [0.1, 0.15) is 5.82 Å². The van der Waals surface area contributed by atoms with Gasteiger partial charge in [0.15, 0.2) is 5.69 Å². The largest absolute Gasteiger partial charge is 0.476 e. The van der Waals surface area contributed by atoms with E-state index in [4.69, 9.17) is 10.8 Å². The molecule has 0 saturated carbocycles. The molecule has 0 aromatic carbocycles. The molecule has 1 aromatic rings. The maximum Gasteiger partial charge on any atom is 0.356 e. The molecule has 5 nitrogen and oxygen atoms in total. The van der Waals surface area contributed by atoms with E-state index in [0.29, 0.717) is 5.82 Å². The molecule has 1 heterocycles. The number of rotatable bonds is 1. The zero-order valence-corrected chi connectivity index (χ0v) is 5.40. The summed E-state index contributed by atoms with van der Waals surface area (Å²) in [6.45, 7) is 0. The Morgan fingerprint density at radius 3 is 2.70 bits per heavy atom. The number of carbonyl (C=O) groups is 1. The van der Waals surface area contributed by atoms with Gasteiger partial charge in [0.05, 0.1) is 0 Å². The highest BCUT2D eigenvalue weighted by Gasteiger charge is 2.07. The molecule has 0 saturated heterocycles. The van der Waals surface area contributed by atoms with Crippen molar-refractivity contribution in [3.05, 3.63) is 11.8 Å². The van der Waals surface area contributed by atoms with Gasteiger partial charge in [-0.25, -0.2) is 4.79 Å². The van der Waals surface area contributed by atoms with Crippen molar-refractivity contribution in [3.63, 3.8) is 0 Å². The predicted molar refractivity (Wildman–Crippen MR) is 34.6 cm³/mol. The van der Waals surface area contributed by atoms with Gasteiger partial charge in [0.2, 0.25) is 0 Å². The van der Waals surface area contributed by atoms with Crippen LogP contribution in [-0.4, -0.2) is 20.9 Å². The minimum atomic E-state index is -1.06. The van der Waals surface area contributed by atoms with Crippen LogP contribution in [0.15, 0.2) is 6.07 Å². The third kappa shape index (κ3) is 0.928. The van der Waals surface area contributed by atoms with Crippen LogP contribution in [0.4, 0.5) is 5.82 Å². The maximum atomic E-state index is 10.2. The van der Waals surface area contributed by atoms with Crippen molar-refractivity contribution in [2.45, 2.75) is 0 Å². The molecule has 0 fully saturated rings. The monoisotopic (exact) mass is 141 g/mol. The molecule has 3 N–H and O–H groups in total. The summed E-state index contributed by atoms with van der Waals surface area (Å²) in [6.07, 6.45) is 0. The quantitative estimate of drug-likeness (QED) is 0.562. The van der Waals surface area contributed by atoms with Gasteiger partial charge in [0.25, 0.3) is 0 Å². The number of hydrogen-bond acceptors (Lipinski definition) is 3. The average Bonchev–Trinajstić information content (AvgIpc) is 2.13. The molecule has 0 spiro atoms. The summed E-state index contributed by atoms with van der Waals surface area (Å²) in [6, 6.07) is 1.31. The molecule has 0 aliphatic carbocycles. The van der Waals surface area contributed by atoms with Crippen LogP contribution < -0.4 is 5.73 Å². The minimum absolute atomic E-state index is 0.0278. The number of aryl methyl sites for hydroxylation is 1. The Bertz CT molecular complexity index is 246. The van der Waals surface area contributed by atoms with Gasteiger partial charge in [-0.1, -0.05) is 0 Å². The summed E-state index contributed by atoms with van der Waals surface area (Å²) in [5, 5.41) is 12.0. The lowest BCUT2D eigenvalue weighted by Crippen LogP contribution is -1.99. The van der Waals surface area contributed by atoms with Crippen LogP contribution in [-0.2, 0) is 7.05 Å². The number of nitrogens with two attached hydrogens (primary N) is 1. The Labute approximate surface area is 57.1 Å². The standard InChI is InChI=1S/C5H7N3O2/c1-8-4(6)2-3(7-8)5(9)10/h2H,6H2,1H3,(H,9,10). The van der Waals surface area contributed by atoms with Crippen LogP contribution in [0, 0.1) is 0 Å². The number of carboxylic acids is 1. The fraction of sp³-hybridized carbons (Fsp3) is 0.200. The zero-order valence-electron chi connectivity index (χ0n) is 5.40. The summed E-state index contributed by atoms with van der Waals surface area (Å²) in [4.78, 5) is 10.2. The van der Waals surface area contributed by atoms with Crippen LogP contribution in [0.3, 0.4) is 0 Å². The van der Waals surface area contributed by atoms with Crippen molar-refractivity contribution >= 4 is 11.8 Å². The fourth-order valence-electron chi connectivity index (χ4n) is 0.586. The first-order chi connectivity index (χ1) is 4.61. The zero-order chi connectivity index (χ0) is 7.72. The van der Waals surface area contributed by atoms with Crippen molar-refractivity contribution in [2.24, 2.45) is 7.05 Å². The van der Waals surface area contributed by atoms with Crippen molar-refractivity contribution in [1.29, 1.82) is 0 Å². The lowest BCUT2D eigenvalue weighted by atomic mass is 10.4. The Morgan fingerprint density at radius 2 is 2.50 bits per heavy atom. The maximum absolute atomic E-state index is 10.2. The van der Waals surface area contributed by atoms with Gasteiger partial charge in [-0.2, -0.15) is 5.10 Å². The first kappa shape index (κ1) is 6.60. The second kappa shape index (κ2) is 2.02. The number of nitrogen functional groups attached to an aromatic ring is 1. The van der Waals surface area contributed by atoms with E-state index in [0.717, 1.165) is 0 Å². The molecular weight excluding hydrogens is 134 g/mol. The number of nitrogens with zero attached hydrogens (tertiary/aromatic N) is 2. The molecule has 0 unspecified atom stereocenters. The van der Waals surface area contributed by atoms with E-state index < -0.39 is 5.97 Å². The molecule has 0 atom stereocenters. The normalized spacial score (nSPS) is 9.70.